The van der Waals surface area contributed by atoms with Gasteiger partial charge in [-0.25, -0.2) is 9.98 Å². The van der Waals surface area contributed by atoms with Gasteiger partial charge in [-0.3, -0.25) is 0 Å². The Labute approximate surface area is 326 Å². The second-order valence-corrected chi connectivity index (χ2v) is 14.6. The predicted octanol–water partition coefficient (Wildman–Crippen LogP) is 12.7. The van der Waals surface area contributed by atoms with Gasteiger partial charge in [0.05, 0.1) is 11.0 Å². The molecule has 0 fully saturated rings. The van der Waals surface area contributed by atoms with Gasteiger partial charge in [0.25, 0.3) is 0 Å². The molecule has 0 saturated carbocycles. The molecule has 1 aliphatic heterocycles. The van der Waals surface area contributed by atoms with Crippen molar-refractivity contribution in [3.63, 3.8) is 0 Å². The Morgan fingerprint density at radius 2 is 1.14 bits per heavy atom. The van der Waals surface area contributed by atoms with Gasteiger partial charge in [-0.1, -0.05) is 121 Å². The molecular formula is C51H32N4O2. The van der Waals surface area contributed by atoms with Crippen LogP contribution in [-0.2, 0) is 0 Å². The number of nitrogens with one attached hydrogen (secondary N) is 1. The predicted molar refractivity (Wildman–Crippen MR) is 233 cm³/mol. The topological polar surface area (TPSA) is 68.0 Å². The highest BCUT2D eigenvalue weighted by Crippen LogP contribution is 2.43. The van der Waals surface area contributed by atoms with Gasteiger partial charge in [0.2, 0.25) is 0 Å². The summed E-state index contributed by atoms with van der Waals surface area (Å²) >= 11 is 0. The Morgan fingerprint density at radius 1 is 0.474 bits per heavy atom. The van der Waals surface area contributed by atoms with Gasteiger partial charge in [0.15, 0.2) is 5.84 Å². The molecule has 0 saturated heterocycles. The summed E-state index contributed by atoms with van der Waals surface area (Å²) in [7, 11) is 0. The Morgan fingerprint density at radius 3 is 2.04 bits per heavy atom. The lowest BCUT2D eigenvalue weighted by molar-refractivity contribution is 0.663. The van der Waals surface area contributed by atoms with E-state index in [-0.39, 0.29) is 6.17 Å². The maximum atomic E-state index is 6.59. The Balaban J connectivity index is 1.04. The first-order valence-corrected chi connectivity index (χ1v) is 19.2. The number of hydrogen-bond acceptors (Lipinski definition) is 5. The second-order valence-electron chi connectivity index (χ2n) is 14.6. The van der Waals surface area contributed by atoms with Crippen molar-refractivity contribution in [2.24, 2.45) is 9.98 Å². The fourth-order valence-corrected chi connectivity index (χ4v) is 8.68. The summed E-state index contributed by atoms with van der Waals surface area (Å²) in [6.45, 7) is 0. The summed E-state index contributed by atoms with van der Waals surface area (Å²) in [5, 5.41) is 10.4. The monoisotopic (exact) mass is 732 g/mol. The summed E-state index contributed by atoms with van der Waals surface area (Å²) in [5.74, 6) is 1.41. The van der Waals surface area contributed by atoms with E-state index >= 15 is 0 Å². The zero-order valence-electron chi connectivity index (χ0n) is 30.6. The number of benzene rings is 8. The number of hydrogen-bond donors (Lipinski definition) is 1. The van der Waals surface area contributed by atoms with Gasteiger partial charge in [0.1, 0.15) is 34.3 Å². The first kappa shape index (κ1) is 31.6. The highest BCUT2D eigenvalue weighted by atomic mass is 16.3. The third kappa shape index (κ3) is 4.97. The number of rotatable bonds is 5. The van der Waals surface area contributed by atoms with Crippen LogP contribution in [0.2, 0.25) is 0 Å². The molecule has 0 amide bonds. The molecule has 0 bridgehead atoms. The molecular weight excluding hydrogens is 701 g/mol. The van der Waals surface area contributed by atoms with E-state index in [2.05, 4.69) is 149 Å². The van der Waals surface area contributed by atoms with Crippen molar-refractivity contribution in [3.05, 3.63) is 199 Å². The summed E-state index contributed by atoms with van der Waals surface area (Å²) in [4.78, 5) is 10.3. The van der Waals surface area contributed by atoms with Gasteiger partial charge < -0.3 is 18.7 Å². The van der Waals surface area contributed by atoms with Crippen LogP contribution in [0.4, 0.5) is 0 Å². The van der Waals surface area contributed by atoms with E-state index in [0.717, 1.165) is 88.7 Å². The molecule has 268 valence electrons. The molecule has 3 aromatic heterocycles. The van der Waals surface area contributed by atoms with Crippen LogP contribution in [-0.4, -0.2) is 16.2 Å². The molecule has 6 heteroatoms. The van der Waals surface area contributed by atoms with Crippen molar-refractivity contribution < 1.29 is 8.83 Å². The normalized spacial score (nSPS) is 14.5. The van der Waals surface area contributed by atoms with Crippen LogP contribution in [0.1, 0.15) is 22.9 Å². The third-order valence-electron chi connectivity index (χ3n) is 11.3. The summed E-state index contributed by atoms with van der Waals surface area (Å²) in [5.41, 5.74) is 12.0. The van der Waals surface area contributed by atoms with E-state index in [1.54, 1.807) is 0 Å². The second kappa shape index (κ2) is 12.4. The van der Waals surface area contributed by atoms with Crippen molar-refractivity contribution >= 4 is 77.4 Å². The van der Waals surface area contributed by atoms with E-state index in [4.69, 9.17) is 18.8 Å². The van der Waals surface area contributed by atoms with Crippen LogP contribution < -0.4 is 5.32 Å². The number of amidine groups is 2. The van der Waals surface area contributed by atoms with Crippen molar-refractivity contribution in [1.29, 1.82) is 0 Å². The van der Waals surface area contributed by atoms with Gasteiger partial charge >= 0.3 is 0 Å². The Hall–Kier alpha value is -7.70. The third-order valence-corrected chi connectivity index (χ3v) is 11.3. The number of fused-ring (bicyclic) bond motifs is 9. The van der Waals surface area contributed by atoms with Crippen molar-refractivity contribution in [3.8, 4) is 16.8 Å². The van der Waals surface area contributed by atoms with E-state index in [1.807, 2.05) is 42.5 Å². The smallest absolute Gasteiger partial charge is 0.159 e. The molecule has 0 radical (unpaired) electrons. The van der Waals surface area contributed by atoms with E-state index in [9.17, 15) is 0 Å². The lowest BCUT2D eigenvalue weighted by Crippen LogP contribution is -2.33. The van der Waals surface area contributed by atoms with Crippen LogP contribution in [0.3, 0.4) is 0 Å². The molecule has 4 heterocycles. The quantitative estimate of drug-likeness (QED) is 0.192. The summed E-state index contributed by atoms with van der Waals surface area (Å²) < 4.78 is 15.1. The number of para-hydroxylation sites is 4. The number of aliphatic imine (C=N–C) groups is 2. The minimum Gasteiger partial charge on any atom is -0.456 e. The van der Waals surface area contributed by atoms with Gasteiger partial charge in [-0.05, 0) is 71.8 Å². The average molecular weight is 733 g/mol. The highest BCUT2D eigenvalue weighted by molar-refractivity contribution is 6.21. The first-order chi connectivity index (χ1) is 28.2. The molecule has 6 nitrogen and oxygen atoms in total. The minimum atomic E-state index is -0.379. The largest absolute Gasteiger partial charge is 0.456 e. The van der Waals surface area contributed by atoms with E-state index in [1.165, 1.54) is 16.3 Å². The van der Waals surface area contributed by atoms with Crippen LogP contribution in [0, 0.1) is 0 Å². The molecule has 0 aliphatic carbocycles. The van der Waals surface area contributed by atoms with Gasteiger partial charge in [-0.2, -0.15) is 0 Å². The maximum Gasteiger partial charge on any atom is 0.159 e. The van der Waals surface area contributed by atoms with Gasteiger partial charge in [-0.15, -0.1) is 0 Å². The molecule has 1 aliphatic rings. The molecule has 1 atom stereocenters. The SMILES string of the molecule is c1ccc(C2=NC(c3ccc4oc5ccccc5c4c3)NC(c3ccc4oc5cccc(-c6cccc7c8ccccc8n(-c8ccccc8)c67)c5c4c3)=N2)cc1. The summed E-state index contributed by atoms with van der Waals surface area (Å²) in [6.07, 6.45) is -0.379. The Kier molecular flexibility index (Phi) is 6.89. The number of aromatic nitrogens is 1. The lowest BCUT2D eigenvalue weighted by atomic mass is 9.96. The zero-order chi connectivity index (χ0) is 37.5. The van der Waals surface area contributed by atoms with Crippen molar-refractivity contribution in [2.45, 2.75) is 6.17 Å². The molecule has 1 N–H and O–H groups in total. The van der Waals surface area contributed by atoms with E-state index in [0.29, 0.717) is 5.84 Å². The zero-order valence-corrected chi connectivity index (χ0v) is 30.6. The van der Waals surface area contributed by atoms with Crippen LogP contribution >= 0.6 is 0 Å². The fraction of sp³-hybridized carbons (Fsp3) is 0.0196. The molecule has 0 spiro atoms. The number of nitrogens with zero attached hydrogens (tertiary/aromatic N) is 3. The highest BCUT2D eigenvalue weighted by Gasteiger charge is 2.24. The first-order valence-electron chi connectivity index (χ1n) is 19.2. The number of furan rings is 2. The molecule has 11 aromatic rings. The van der Waals surface area contributed by atoms with Crippen molar-refractivity contribution in [1.82, 2.24) is 9.88 Å². The fourth-order valence-electron chi connectivity index (χ4n) is 8.68. The molecule has 12 rings (SSSR count). The minimum absolute atomic E-state index is 0.379. The molecule has 1 unspecified atom stereocenters. The van der Waals surface area contributed by atoms with E-state index < -0.39 is 0 Å². The standard InChI is InChI=1S/C51H32N4O2/c1-3-13-31(14-4-1)49-52-50(32-25-27-44-40(29-32)36-18-8-10-23-43(36)56-44)54-51(53-49)33-26-28-45-41(30-33)47-37(19-12-24-46(47)57-45)39-21-11-20-38-35-17-7-9-22-42(35)55(48(38)39)34-15-5-2-6-16-34/h1-30,50H,(H,52,53,54). The Bertz CT molecular complexity index is 3440. The van der Waals surface area contributed by atoms with Gasteiger partial charge in [0, 0.05) is 54.7 Å². The summed E-state index contributed by atoms with van der Waals surface area (Å²) in [6, 6.07) is 63.3. The average Bonchev–Trinajstić information content (AvgIpc) is 3.96. The lowest BCUT2D eigenvalue weighted by Gasteiger charge is -2.23. The molecule has 8 aromatic carbocycles. The molecule has 57 heavy (non-hydrogen) atoms. The van der Waals surface area contributed by atoms with Crippen LogP contribution in [0.25, 0.3) is 82.5 Å². The van der Waals surface area contributed by atoms with Crippen molar-refractivity contribution in [2.75, 3.05) is 0 Å². The maximum absolute atomic E-state index is 6.59. The van der Waals surface area contributed by atoms with Crippen LogP contribution in [0.15, 0.2) is 201 Å². The van der Waals surface area contributed by atoms with Crippen LogP contribution in [0.5, 0.6) is 0 Å².